The van der Waals surface area contributed by atoms with Crippen LogP contribution in [0.15, 0.2) is 27.7 Å². The number of nitrogens with one attached hydrogen (secondary N) is 2. The Labute approximate surface area is 149 Å². The molecule has 5 nitrogen and oxygen atoms in total. The number of piperidine rings is 1. The standard InChI is InChI=1S/C13H15BrF2IN5/c14-9-7-8(1-2-10(9)17)20-11(18)21-12(19)22-5-3-13(15,16)4-6-22/h1-2,7H,3-6H2,(H4,18,19,20,21). The fraction of sp³-hybridized carbons (Fsp3) is 0.385. The zero-order valence-electron chi connectivity index (χ0n) is 11.5. The van der Waals surface area contributed by atoms with Gasteiger partial charge in [0.1, 0.15) is 0 Å². The third kappa shape index (κ3) is 4.77. The van der Waals surface area contributed by atoms with Crippen molar-refractivity contribution in [3.63, 3.8) is 0 Å². The molecule has 0 aliphatic carbocycles. The van der Waals surface area contributed by atoms with Gasteiger partial charge in [-0.1, -0.05) is 0 Å². The van der Waals surface area contributed by atoms with E-state index < -0.39 is 5.92 Å². The summed E-state index contributed by atoms with van der Waals surface area (Å²) in [6, 6.07) is 5.53. The van der Waals surface area contributed by atoms with Crippen LogP contribution in [0.5, 0.6) is 0 Å². The Hall–Kier alpha value is -0.970. The molecular weight excluding hydrogens is 471 g/mol. The van der Waals surface area contributed by atoms with Crippen LogP contribution in [0, 0.1) is 8.98 Å². The average Bonchev–Trinajstić information content (AvgIpc) is 2.42. The fourth-order valence-electron chi connectivity index (χ4n) is 1.99. The van der Waals surface area contributed by atoms with Gasteiger partial charge < -0.3 is 16.0 Å². The lowest BCUT2D eigenvalue weighted by molar-refractivity contribution is -0.0435. The number of benzene rings is 1. The molecule has 4 N–H and O–H groups in total. The quantitative estimate of drug-likeness (QED) is 0.324. The largest absolute Gasteiger partial charge is 0.369 e. The molecule has 0 amide bonds. The number of likely N-dealkylation sites (tertiary alicyclic amines) is 1. The van der Waals surface area contributed by atoms with E-state index in [4.69, 9.17) is 11.1 Å². The van der Waals surface area contributed by atoms with Crippen molar-refractivity contribution >= 4 is 56.1 Å². The van der Waals surface area contributed by atoms with Crippen molar-refractivity contribution < 1.29 is 8.78 Å². The Bertz CT molecular complexity index is 598. The third-order valence-corrected chi connectivity index (χ3v) is 5.57. The van der Waals surface area contributed by atoms with Gasteiger partial charge in [-0.05, 0) is 56.7 Å². The molecule has 0 bridgehead atoms. The molecule has 22 heavy (non-hydrogen) atoms. The fourth-order valence-corrected chi connectivity index (χ4v) is 2.70. The highest BCUT2D eigenvalue weighted by atomic mass is 127. The molecule has 1 saturated heterocycles. The Morgan fingerprint density at radius 1 is 1.41 bits per heavy atom. The number of aliphatic imine (C=N–C) groups is 1. The van der Waals surface area contributed by atoms with Crippen LogP contribution in [0.1, 0.15) is 12.8 Å². The Kier molecular flexibility index (Phi) is 5.59. The van der Waals surface area contributed by atoms with Crippen molar-refractivity contribution in [2.45, 2.75) is 18.8 Å². The zero-order chi connectivity index (χ0) is 16.3. The smallest absolute Gasteiger partial charge is 0.251 e. The molecule has 1 aliphatic rings. The number of nitrogens with two attached hydrogens (primary N) is 1. The summed E-state index contributed by atoms with van der Waals surface area (Å²) < 4.78 is 28.1. The summed E-state index contributed by atoms with van der Waals surface area (Å²) >= 11 is 5.59. The van der Waals surface area contributed by atoms with E-state index in [2.05, 4.69) is 48.8 Å². The van der Waals surface area contributed by atoms with Gasteiger partial charge in [0.15, 0.2) is 5.96 Å². The van der Waals surface area contributed by atoms with Gasteiger partial charge in [-0.2, -0.15) is 4.99 Å². The summed E-state index contributed by atoms with van der Waals surface area (Å²) in [6.45, 7) is 0.287. The summed E-state index contributed by atoms with van der Waals surface area (Å²) in [5.74, 6) is -2.68. The molecule has 0 aromatic heterocycles. The SMILES string of the molecule is N=C(N=C(N)N1CCC(F)(F)CC1)Nc1ccc(I)c(Br)c1. The van der Waals surface area contributed by atoms with E-state index in [0.29, 0.717) is 5.69 Å². The molecule has 1 aromatic rings. The highest BCUT2D eigenvalue weighted by Crippen LogP contribution is 2.27. The maximum atomic E-state index is 13.1. The zero-order valence-corrected chi connectivity index (χ0v) is 15.3. The van der Waals surface area contributed by atoms with Gasteiger partial charge in [0.05, 0.1) is 0 Å². The van der Waals surface area contributed by atoms with Crippen LogP contribution in [0.2, 0.25) is 0 Å². The van der Waals surface area contributed by atoms with E-state index in [1.165, 1.54) is 0 Å². The van der Waals surface area contributed by atoms with E-state index in [1.807, 2.05) is 18.2 Å². The molecule has 9 heteroatoms. The maximum Gasteiger partial charge on any atom is 0.251 e. The predicted molar refractivity (Wildman–Crippen MR) is 95.6 cm³/mol. The molecule has 1 aliphatic heterocycles. The molecule has 1 aromatic carbocycles. The first-order valence-electron chi connectivity index (χ1n) is 6.54. The molecule has 0 radical (unpaired) electrons. The monoisotopic (exact) mass is 485 g/mol. The van der Waals surface area contributed by atoms with Gasteiger partial charge in [-0.15, -0.1) is 0 Å². The van der Waals surface area contributed by atoms with E-state index in [-0.39, 0.29) is 37.9 Å². The van der Waals surface area contributed by atoms with Gasteiger partial charge in [0.2, 0.25) is 5.96 Å². The normalized spacial score (nSPS) is 18.2. The van der Waals surface area contributed by atoms with Crippen LogP contribution < -0.4 is 11.1 Å². The third-order valence-electron chi connectivity index (χ3n) is 3.23. The van der Waals surface area contributed by atoms with Crippen molar-refractivity contribution in [1.82, 2.24) is 4.90 Å². The Balaban J connectivity index is 1.96. The van der Waals surface area contributed by atoms with E-state index in [9.17, 15) is 8.78 Å². The number of guanidine groups is 2. The number of halogens is 4. The van der Waals surface area contributed by atoms with Gasteiger partial charge >= 0.3 is 0 Å². The van der Waals surface area contributed by atoms with Gasteiger partial charge in [-0.25, -0.2) is 8.78 Å². The summed E-state index contributed by atoms with van der Waals surface area (Å²) in [6.07, 6.45) is -0.484. The lowest BCUT2D eigenvalue weighted by Crippen LogP contribution is -2.46. The number of rotatable bonds is 1. The average molecular weight is 486 g/mol. The summed E-state index contributed by atoms with van der Waals surface area (Å²) in [5.41, 5.74) is 6.48. The van der Waals surface area contributed by atoms with E-state index in [0.717, 1.165) is 8.04 Å². The van der Waals surface area contributed by atoms with Crippen LogP contribution in [-0.4, -0.2) is 35.8 Å². The van der Waals surface area contributed by atoms with E-state index in [1.54, 1.807) is 4.90 Å². The molecule has 0 unspecified atom stereocenters. The van der Waals surface area contributed by atoms with Crippen molar-refractivity contribution in [3.05, 3.63) is 26.2 Å². The van der Waals surface area contributed by atoms with E-state index >= 15 is 0 Å². The number of nitrogens with zero attached hydrogens (tertiary/aromatic N) is 2. The highest BCUT2D eigenvalue weighted by molar-refractivity contribution is 14.1. The molecule has 0 saturated carbocycles. The van der Waals surface area contributed by atoms with Gasteiger partial charge in [0.25, 0.3) is 5.92 Å². The second-order valence-electron chi connectivity index (χ2n) is 4.92. The van der Waals surface area contributed by atoms with Crippen LogP contribution in [0.3, 0.4) is 0 Å². The first-order valence-corrected chi connectivity index (χ1v) is 8.41. The van der Waals surface area contributed by atoms with Crippen LogP contribution in [0.25, 0.3) is 0 Å². The topological polar surface area (TPSA) is 77.5 Å². The van der Waals surface area contributed by atoms with Crippen LogP contribution in [-0.2, 0) is 0 Å². The second kappa shape index (κ2) is 7.07. The number of hydrogen-bond donors (Lipinski definition) is 3. The molecular formula is C13H15BrF2IN5. The van der Waals surface area contributed by atoms with Crippen molar-refractivity contribution in [2.75, 3.05) is 18.4 Å². The Morgan fingerprint density at radius 3 is 2.64 bits per heavy atom. The number of hydrogen-bond acceptors (Lipinski definition) is 1. The second-order valence-corrected chi connectivity index (χ2v) is 6.93. The first kappa shape index (κ1) is 17.4. The molecule has 0 spiro atoms. The van der Waals surface area contributed by atoms with Crippen LogP contribution >= 0.6 is 38.5 Å². The molecule has 2 rings (SSSR count). The summed E-state index contributed by atoms with van der Waals surface area (Å²) in [4.78, 5) is 5.49. The van der Waals surface area contributed by atoms with Crippen molar-refractivity contribution in [2.24, 2.45) is 10.7 Å². The maximum absolute atomic E-state index is 13.1. The lowest BCUT2D eigenvalue weighted by atomic mass is 10.1. The Morgan fingerprint density at radius 2 is 2.05 bits per heavy atom. The first-order chi connectivity index (χ1) is 10.3. The van der Waals surface area contributed by atoms with Gasteiger partial charge in [0, 0.05) is 39.7 Å². The van der Waals surface area contributed by atoms with Gasteiger partial charge in [-0.3, -0.25) is 5.41 Å². The minimum Gasteiger partial charge on any atom is -0.369 e. The van der Waals surface area contributed by atoms with Crippen molar-refractivity contribution in [3.8, 4) is 0 Å². The number of anilines is 1. The minimum absolute atomic E-state index is 0.0811. The summed E-state index contributed by atoms with van der Waals surface area (Å²) in [7, 11) is 0. The predicted octanol–water partition coefficient (Wildman–Crippen LogP) is 3.45. The van der Waals surface area contributed by atoms with Crippen LogP contribution in [0.4, 0.5) is 14.5 Å². The molecule has 0 atom stereocenters. The molecule has 1 heterocycles. The lowest BCUT2D eigenvalue weighted by Gasteiger charge is -2.32. The highest BCUT2D eigenvalue weighted by Gasteiger charge is 2.34. The summed E-state index contributed by atoms with van der Waals surface area (Å²) in [5, 5.41) is 10.6. The minimum atomic E-state index is -2.63. The molecule has 120 valence electrons. The number of alkyl halides is 2. The van der Waals surface area contributed by atoms with Crippen molar-refractivity contribution in [1.29, 1.82) is 5.41 Å². The molecule has 1 fully saturated rings.